The highest BCUT2D eigenvalue weighted by Crippen LogP contribution is 2.23. The Bertz CT molecular complexity index is 367. The summed E-state index contributed by atoms with van der Waals surface area (Å²) < 4.78 is 1.46. The van der Waals surface area contributed by atoms with E-state index in [2.05, 4.69) is 17.7 Å². The number of likely N-dealkylation sites (N-methyl/N-ethyl adjacent to an activating group) is 1. The van der Waals surface area contributed by atoms with Crippen molar-refractivity contribution in [1.82, 2.24) is 4.31 Å². The molecule has 3 nitrogen and oxygen atoms in total. The monoisotopic (exact) mass is 208 g/mol. The molecule has 1 heterocycles. The van der Waals surface area contributed by atoms with E-state index in [1.165, 1.54) is 4.31 Å². The van der Waals surface area contributed by atoms with Crippen molar-refractivity contribution in [1.29, 1.82) is 0 Å². The van der Waals surface area contributed by atoms with Gasteiger partial charge in [-0.15, -0.1) is 0 Å². The maximum Gasteiger partial charge on any atom is 0.265 e. The van der Waals surface area contributed by atoms with Crippen LogP contribution in [0.3, 0.4) is 0 Å². The second-order valence-corrected chi connectivity index (χ2v) is 3.85. The quantitative estimate of drug-likeness (QED) is 0.652. The van der Waals surface area contributed by atoms with Crippen molar-refractivity contribution in [2.75, 3.05) is 25.0 Å². The first-order valence-electron chi connectivity index (χ1n) is 4.51. The van der Waals surface area contributed by atoms with Gasteiger partial charge in [-0.2, -0.15) is 0 Å². The summed E-state index contributed by atoms with van der Waals surface area (Å²) in [5.41, 5.74) is 1.71. The molecule has 0 fully saturated rings. The van der Waals surface area contributed by atoms with Crippen LogP contribution in [0.2, 0.25) is 0 Å². The van der Waals surface area contributed by atoms with E-state index in [0.717, 1.165) is 17.8 Å². The molecular formula is C10H12N2OS. The molecule has 0 saturated carbocycles. The zero-order valence-corrected chi connectivity index (χ0v) is 8.87. The van der Waals surface area contributed by atoms with Crippen molar-refractivity contribution in [3.8, 4) is 0 Å². The van der Waals surface area contributed by atoms with E-state index >= 15 is 0 Å². The van der Waals surface area contributed by atoms with Gasteiger partial charge >= 0.3 is 0 Å². The van der Waals surface area contributed by atoms with E-state index in [9.17, 15) is 4.79 Å². The summed E-state index contributed by atoms with van der Waals surface area (Å²) in [5.74, 6) is -0.0201. The average molecular weight is 208 g/mol. The average Bonchev–Trinajstić information content (AvgIpc) is 2.33. The Morgan fingerprint density at radius 2 is 2.00 bits per heavy atom. The third kappa shape index (κ3) is 1.46. The van der Waals surface area contributed by atoms with Gasteiger partial charge in [-0.05, 0) is 12.1 Å². The number of rotatable bonds is 0. The molecule has 0 saturated heterocycles. The number of fused-ring (bicyclic) bond motifs is 1. The number of amides is 1. The lowest BCUT2D eigenvalue weighted by atomic mass is 10.1. The summed E-state index contributed by atoms with van der Waals surface area (Å²) in [7, 11) is 1.99. The van der Waals surface area contributed by atoms with Crippen LogP contribution in [0, 0.1) is 0 Å². The van der Waals surface area contributed by atoms with Crippen molar-refractivity contribution in [2.45, 2.75) is 0 Å². The van der Waals surface area contributed by atoms with Gasteiger partial charge in [0, 0.05) is 25.8 Å². The van der Waals surface area contributed by atoms with Crippen LogP contribution in [-0.2, 0) is 0 Å². The van der Waals surface area contributed by atoms with Crippen molar-refractivity contribution < 1.29 is 4.79 Å². The Hall–Kier alpha value is -1.16. The molecule has 0 aliphatic carbocycles. The van der Waals surface area contributed by atoms with Gasteiger partial charge in [0.05, 0.1) is 5.56 Å². The molecule has 0 bridgehead atoms. The van der Waals surface area contributed by atoms with Gasteiger partial charge < -0.3 is 4.90 Å². The van der Waals surface area contributed by atoms with E-state index in [0.29, 0.717) is 6.54 Å². The largest absolute Gasteiger partial charge is 0.372 e. The van der Waals surface area contributed by atoms with Crippen LogP contribution < -0.4 is 4.90 Å². The fourth-order valence-corrected chi connectivity index (χ4v) is 1.79. The van der Waals surface area contributed by atoms with Crippen molar-refractivity contribution in [2.24, 2.45) is 0 Å². The van der Waals surface area contributed by atoms with Crippen LogP contribution >= 0.6 is 12.8 Å². The number of hydrogen-bond acceptors (Lipinski definition) is 3. The van der Waals surface area contributed by atoms with Crippen LogP contribution in [-0.4, -0.2) is 30.3 Å². The smallest absolute Gasteiger partial charge is 0.265 e. The number of para-hydroxylation sites is 1. The van der Waals surface area contributed by atoms with Gasteiger partial charge in [-0.1, -0.05) is 24.9 Å². The summed E-state index contributed by atoms with van der Waals surface area (Å²) in [5, 5.41) is 0. The van der Waals surface area contributed by atoms with Gasteiger partial charge in [0.2, 0.25) is 0 Å². The van der Waals surface area contributed by atoms with Crippen LogP contribution in [0.4, 0.5) is 5.69 Å². The Labute approximate surface area is 88.9 Å². The molecule has 0 unspecified atom stereocenters. The molecule has 2 rings (SSSR count). The molecule has 14 heavy (non-hydrogen) atoms. The summed E-state index contributed by atoms with van der Waals surface area (Å²) in [6.07, 6.45) is 0. The standard InChI is InChI=1S/C10H12N2OS/c1-11-6-7-12(14)10(13)8-4-2-3-5-9(8)11/h2-5,14H,6-7H2,1H3. The summed E-state index contributed by atoms with van der Waals surface area (Å²) >= 11 is 4.15. The number of anilines is 1. The molecule has 1 aliphatic rings. The van der Waals surface area contributed by atoms with E-state index < -0.39 is 0 Å². The number of hydrogen-bond donors (Lipinski definition) is 1. The van der Waals surface area contributed by atoms with Crippen LogP contribution in [0.1, 0.15) is 10.4 Å². The predicted molar refractivity (Wildman–Crippen MR) is 59.7 cm³/mol. The lowest BCUT2D eigenvalue weighted by molar-refractivity contribution is 0.0881. The highest BCUT2D eigenvalue weighted by Gasteiger charge is 2.21. The highest BCUT2D eigenvalue weighted by molar-refractivity contribution is 7.78. The molecule has 1 aromatic rings. The normalized spacial score (nSPS) is 16.6. The Morgan fingerprint density at radius 3 is 2.79 bits per heavy atom. The third-order valence-electron chi connectivity index (χ3n) is 2.43. The second kappa shape index (κ2) is 3.53. The Balaban J connectivity index is 2.51. The van der Waals surface area contributed by atoms with Crippen LogP contribution in [0.5, 0.6) is 0 Å². The van der Waals surface area contributed by atoms with E-state index in [1.807, 2.05) is 31.3 Å². The molecule has 0 atom stereocenters. The Morgan fingerprint density at radius 1 is 1.29 bits per heavy atom. The first kappa shape index (κ1) is 9.40. The number of nitrogens with zero attached hydrogens (tertiary/aromatic N) is 2. The van der Waals surface area contributed by atoms with Gasteiger partial charge in [0.25, 0.3) is 5.91 Å². The number of thiol groups is 1. The van der Waals surface area contributed by atoms with Gasteiger partial charge in [-0.25, -0.2) is 0 Å². The maximum absolute atomic E-state index is 11.8. The van der Waals surface area contributed by atoms with E-state index in [-0.39, 0.29) is 5.91 Å². The van der Waals surface area contributed by atoms with Crippen molar-refractivity contribution in [3.63, 3.8) is 0 Å². The highest BCUT2D eigenvalue weighted by atomic mass is 32.1. The van der Waals surface area contributed by atoms with Gasteiger partial charge in [0.1, 0.15) is 0 Å². The molecule has 0 radical (unpaired) electrons. The number of carbonyl (C=O) groups is 1. The summed E-state index contributed by atoms with van der Waals surface area (Å²) in [6.45, 7) is 1.46. The van der Waals surface area contributed by atoms with Crippen molar-refractivity contribution >= 4 is 24.4 Å². The summed E-state index contributed by atoms with van der Waals surface area (Å²) in [4.78, 5) is 13.9. The molecule has 74 valence electrons. The molecule has 4 heteroatoms. The lowest BCUT2D eigenvalue weighted by Gasteiger charge is -2.17. The zero-order chi connectivity index (χ0) is 10.1. The maximum atomic E-state index is 11.8. The second-order valence-electron chi connectivity index (χ2n) is 3.37. The topological polar surface area (TPSA) is 23.6 Å². The first-order valence-corrected chi connectivity index (χ1v) is 4.91. The summed E-state index contributed by atoms with van der Waals surface area (Å²) in [6, 6.07) is 7.61. The minimum atomic E-state index is -0.0201. The molecule has 0 spiro atoms. The zero-order valence-electron chi connectivity index (χ0n) is 7.97. The van der Waals surface area contributed by atoms with Crippen LogP contribution in [0.15, 0.2) is 24.3 Å². The molecule has 1 aromatic carbocycles. The number of carbonyl (C=O) groups excluding carboxylic acids is 1. The minimum Gasteiger partial charge on any atom is -0.372 e. The van der Waals surface area contributed by atoms with Crippen LogP contribution in [0.25, 0.3) is 0 Å². The first-order chi connectivity index (χ1) is 6.70. The van der Waals surface area contributed by atoms with Crippen molar-refractivity contribution in [3.05, 3.63) is 29.8 Å². The Kier molecular flexibility index (Phi) is 2.37. The fourth-order valence-electron chi connectivity index (χ4n) is 1.59. The lowest BCUT2D eigenvalue weighted by Crippen LogP contribution is -2.26. The number of benzene rings is 1. The SMILES string of the molecule is CN1CCN(S)C(=O)c2ccccc21. The molecule has 1 amide bonds. The molecular weight excluding hydrogens is 196 g/mol. The van der Waals surface area contributed by atoms with E-state index in [4.69, 9.17) is 0 Å². The third-order valence-corrected chi connectivity index (χ3v) is 2.81. The predicted octanol–water partition coefficient (Wildman–Crippen LogP) is 1.42. The molecule has 1 aliphatic heterocycles. The minimum absolute atomic E-state index is 0.0201. The fraction of sp³-hybridized carbons (Fsp3) is 0.300. The van der Waals surface area contributed by atoms with Gasteiger partial charge in [-0.3, -0.25) is 9.10 Å². The van der Waals surface area contributed by atoms with E-state index in [1.54, 1.807) is 0 Å². The van der Waals surface area contributed by atoms with Gasteiger partial charge in [0.15, 0.2) is 0 Å². The molecule has 0 aromatic heterocycles. The molecule has 0 N–H and O–H groups in total.